The van der Waals surface area contributed by atoms with Crippen LogP contribution in [0.3, 0.4) is 0 Å². The lowest BCUT2D eigenvalue weighted by atomic mass is 9.95. The fourth-order valence-electron chi connectivity index (χ4n) is 3.92. The molecule has 0 atom stereocenters. The summed E-state index contributed by atoms with van der Waals surface area (Å²) in [5.74, 6) is 1.71. The van der Waals surface area contributed by atoms with Gasteiger partial charge in [0.2, 0.25) is 11.8 Å². The number of nitrogens with zero attached hydrogens (tertiary/aromatic N) is 1. The smallest absolute Gasteiger partial charge is 0.251 e. The number of ether oxygens (including phenoxy) is 3. The second kappa shape index (κ2) is 10.6. The van der Waals surface area contributed by atoms with Crippen molar-refractivity contribution in [2.45, 2.75) is 19.8 Å². The van der Waals surface area contributed by atoms with Gasteiger partial charge in [0.15, 0.2) is 0 Å². The summed E-state index contributed by atoms with van der Waals surface area (Å²) in [4.78, 5) is 20.4. The summed E-state index contributed by atoms with van der Waals surface area (Å²) < 4.78 is 16.4. The zero-order valence-corrected chi connectivity index (χ0v) is 20.0. The molecule has 1 N–H and O–H groups in total. The number of halogens is 2. The zero-order valence-electron chi connectivity index (χ0n) is 18.4. The van der Waals surface area contributed by atoms with E-state index in [0.29, 0.717) is 23.7 Å². The predicted octanol–water partition coefficient (Wildman–Crippen LogP) is 5.10. The highest BCUT2D eigenvalue weighted by Crippen LogP contribution is 2.36. The Balaban J connectivity index is 0.00000181. The standard InChI is InChI=1S/C24H24N2O4.2ClH/c1-5-14-7-6-8-18-21(14)19(24(30-4)26-23(18)29-3)13-16-11-15-12-17(28-2)9-10-20(15)25-22(16)27;;/h6-12H,5,13H2,1-4H3,(H,25,27);2*1H. The fraction of sp³-hybridized carbons (Fsp3) is 0.250. The normalized spacial score (nSPS) is 10.4. The van der Waals surface area contributed by atoms with Gasteiger partial charge < -0.3 is 19.2 Å². The van der Waals surface area contributed by atoms with Crippen molar-refractivity contribution in [3.63, 3.8) is 0 Å². The summed E-state index contributed by atoms with van der Waals surface area (Å²) in [7, 11) is 4.81. The predicted molar refractivity (Wildman–Crippen MR) is 133 cm³/mol. The van der Waals surface area contributed by atoms with Crippen molar-refractivity contribution < 1.29 is 14.2 Å². The lowest BCUT2D eigenvalue weighted by molar-refractivity contribution is 0.366. The van der Waals surface area contributed by atoms with Crippen molar-refractivity contribution in [3.8, 4) is 17.5 Å². The SMILES string of the molecule is CCc1cccc2c(OC)nc(OC)c(Cc3cc4cc(OC)ccc4[nH]c3=O)c12.Cl.Cl. The molecule has 0 aliphatic carbocycles. The largest absolute Gasteiger partial charge is 0.497 e. The van der Waals surface area contributed by atoms with Crippen LogP contribution in [0.2, 0.25) is 0 Å². The molecule has 0 bridgehead atoms. The Morgan fingerprint density at radius 2 is 1.66 bits per heavy atom. The van der Waals surface area contributed by atoms with E-state index in [1.165, 1.54) is 0 Å². The summed E-state index contributed by atoms with van der Waals surface area (Å²) in [6, 6.07) is 13.6. The van der Waals surface area contributed by atoms with Gasteiger partial charge >= 0.3 is 0 Å². The maximum Gasteiger partial charge on any atom is 0.251 e. The average molecular weight is 477 g/mol. The number of H-pyrrole nitrogens is 1. The van der Waals surface area contributed by atoms with E-state index in [1.807, 2.05) is 36.4 Å². The highest BCUT2D eigenvalue weighted by atomic mass is 35.5. The maximum atomic E-state index is 12.8. The number of methoxy groups -OCH3 is 3. The molecule has 0 amide bonds. The minimum Gasteiger partial charge on any atom is -0.497 e. The van der Waals surface area contributed by atoms with E-state index in [2.05, 4.69) is 23.0 Å². The molecular formula is C24H26Cl2N2O4. The molecule has 0 saturated heterocycles. The van der Waals surface area contributed by atoms with Gasteiger partial charge in [0, 0.05) is 33.8 Å². The lowest BCUT2D eigenvalue weighted by Crippen LogP contribution is -2.14. The number of nitrogens with one attached hydrogen (secondary N) is 1. The van der Waals surface area contributed by atoms with Crippen molar-refractivity contribution >= 4 is 46.5 Å². The van der Waals surface area contributed by atoms with Crippen LogP contribution in [-0.4, -0.2) is 31.3 Å². The molecule has 2 aromatic heterocycles. The molecule has 0 unspecified atom stereocenters. The summed E-state index contributed by atoms with van der Waals surface area (Å²) >= 11 is 0. The number of pyridine rings is 2. The van der Waals surface area contributed by atoms with Gasteiger partial charge in [0.25, 0.3) is 5.56 Å². The van der Waals surface area contributed by atoms with Gasteiger partial charge in [-0.25, -0.2) is 0 Å². The van der Waals surface area contributed by atoms with Crippen LogP contribution in [0.15, 0.2) is 47.3 Å². The van der Waals surface area contributed by atoms with E-state index >= 15 is 0 Å². The Labute approximate surface area is 198 Å². The molecule has 32 heavy (non-hydrogen) atoms. The van der Waals surface area contributed by atoms with Crippen LogP contribution in [0, 0.1) is 0 Å². The third kappa shape index (κ3) is 4.47. The van der Waals surface area contributed by atoms with Crippen LogP contribution in [-0.2, 0) is 12.8 Å². The average Bonchev–Trinajstić information content (AvgIpc) is 2.78. The monoisotopic (exact) mass is 476 g/mol. The Bertz CT molecular complexity index is 1300. The van der Waals surface area contributed by atoms with E-state index in [0.717, 1.165) is 45.0 Å². The van der Waals surface area contributed by atoms with E-state index in [1.54, 1.807) is 21.3 Å². The van der Waals surface area contributed by atoms with Gasteiger partial charge in [0.05, 0.1) is 21.3 Å². The van der Waals surface area contributed by atoms with Crippen molar-refractivity contribution in [3.05, 3.63) is 69.5 Å². The molecule has 0 saturated carbocycles. The van der Waals surface area contributed by atoms with Crippen molar-refractivity contribution in [2.24, 2.45) is 0 Å². The molecule has 0 radical (unpaired) electrons. The van der Waals surface area contributed by atoms with E-state index < -0.39 is 0 Å². The third-order valence-corrected chi connectivity index (χ3v) is 5.41. The molecule has 0 aliphatic rings. The summed E-state index contributed by atoms with van der Waals surface area (Å²) in [5, 5.41) is 2.84. The van der Waals surface area contributed by atoms with Crippen LogP contribution < -0.4 is 19.8 Å². The minimum atomic E-state index is -0.132. The minimum absolute atomic E-state index is 0. The van der Waals surface area contributed by atoms with Crippen LogP contribution >= 0.6 is 24.8 Å². The highest BCUT2D eigenvalue weighted by Gasteiger charge is 2.19. The third-order valence-electron chi connectivity index (χ3n) is 5.41. The first-order valence-corrected chi connectivity index (χ1v) is 9.82. The van der Waals surface area contributed by atoms with E-state index in [-0.39, 0.29) is 30.4 Å². The van der Waals surface area contributed by atoms with Crippen LogP contribution in [0.5, 0.6) is 17.5 Å². The topological polar surface area (TPSA) is 73.4 Å². The van der Waals surface area contributed by atoms with Gasteiger partial charge in [-0.2, -0.15) is 4.98 Å². The molecule has 170 valence electrons. The second-order valence-electron chi connectivity index (χ2n) is 7.06. The van der Waals surface area contributed by atoms with Gasteiger partial charge in [-0.3, -0.25) is 4.79 Å². The Morgan fingerprint density at radius 1 is 0.906 bits per heavy atom. The number of hydrogen-bond acceptors (Lipinski definition) is 5. The fourth-order valence-corrected chi connectivity index (χ4v) is 3.92. The van der Waals surface area contributed by atoms with Gasteiger partial charge in [-0.05, 0) is 47.7 Å². The van der Waals surface area contributed by atoms with E-state index in [9.17, 15) is 4.79 Å². The first-order chi connectivity index (χ1) is 14.6. The van der Waals surface area contributed by atoms with Crippen LogP contribution in [0.4, 0.5) is 0 Å². The Hall–Kier alpha value is -2.96. The number of fused-ring (bicyclic) bond motifs is 2. The quantitative estimate of drug-likeness (QED) is 0.419. The molecule has 8 heteroatoms. The molecule has 2 heterocycles. The Morgan fingerprint density at radius 3 is 2.31 bits per heavy atom. The Kier molecular flexibility index (Phi) is 8.36. The second-order valence-corrected chi connectivity index (χ2v) is 7.06. The number of aryl methyl sites for hydroxylation is 1. The van der Waals surface area contributed by atoms with E-state index in [4.69, 9.17) is 14.2 Å². The number of aromatic nitrogens is 2. The number of aromatic amines is 1. The van der Waals surface area contributed by atoms with Gasteiger partial charge in [-0.15, -0.1) is 24.8 Å². The first-order valence-electron chi connectivity index (χ1n) is 9.82. The summed E-state index contributed by atoms with van der Waals surface area (Å²) in [6.45, 7) is 2.10. The lowest BCUT2D eigenvalue weighted by Gasteiger charge is -2.16. The van der Waals surface area contributed by atoms with Gasteiger partial charge in [0.1, 0.15) is 5.75 Å². The highest BCUT2D eigenvalue weighted by molar-refractivity contribution is 5.94. The molecule has 6 nitrogen and oxygen atoms in total. The summed E-state index contributed by atoms with van der Waals surface area (Å²) in [5.41, 5.74) is 3.29. The number of rotatable bonds is 6. The molecule has 4 aromatic rings. The first kappa shape index (κ1) is 25.3. The maximum absolute atomic E-state index is 12.8. The van der Waals surface area contributed by atoms with Crippen LogP contribution in [0.25, 0.3) is 21.7 Å². The van der Waals surface area contributed by atoms with Crippen molar-refractivity contribution in [1.29, 1.82) is 0 Å². The molecule has 0 aliphatic heterocycles. The van der Waals surface area contributed by atoms with Gasteiger partial charge in [-0.1, -0.05) is 19.1 Å². The van der Waals surface area contributed by atoms with Crippen LogP contribution in [0.1, 0.15) is 23.6 Å². The molecule has 2 aromatic carbocycles. The number of hydrogen-bond donors (Lipinski definition) is 1. The molecule has 0 spiro atoms. The zero-order chi connectivity index (χ0) is 21.3. The molecule has 0 fully saturated rings. The number of benzene rings is 2. The van der Waals surface area contributed by atoms with Crippen molar-refractivity contribution in [1.82, 2.24) is 9.97 Å². The molecule has 4 rings (SSSR count). The summed E-state index contributed by atoms with van der Waals surface area (Å²) in [6.07, 6.45) is 1.22. The van der Waals surface area contributed by atoms with Crippen molar-refractivity contribution in [2.75, 3.05) is 21.3 Å². The molecular weight excluding hydrogens is 451 g/mol.